The summed E-state index contributed by atoms with van der Waals surface area (Å²) < 4.78 is 31.9. The van der Waals surface area contributed by atoms with E-state index in [2.05, 4.69) is 0 Å². The molecule has 8 nitrogen and oxygen atoms in total. The molecule has 23 heavy (non-hydrogen) atoms. The molecule has 0 aromatic rings. The molecule has 0 aromatic heterocycles. The van der Waals surface area contributed by atoms with Crippen molar-refractivity contribution in [2.45, 2.75) is 45.2 Å². The van der Waals surface area contributed by atoms with Crippen molar-refractivity contribution in [3.05, 3.63) is 0 Å². The smallest absolute Gasteiger partial charge is 0.303 e. The molecule has 0 bridgehead atoms. The van der Waals surface area contributed by atoms with Crippen molar-refractivity contribution in [2.75, 3.05) is 41.2 Å². The Labute approximate surface area is 137 Å². The van der Waals surface area contributed by atoms with Gasteiger partial charge in [-0.05, 0) is 6.92 Å². The first-order valence-electron chi connectivity index (χ1n) is 7.37. The molecule has 0 fully saturated rings. The fourth-order valence-corrected chi connectivity index (χ4v) is 2.17. The van der Waals surface area contributed by atoms with Crippen LogP contribution in [0.15, 0.2) is 0 Å². The van der Waals surface area contributed by atoms with Gasteiger partial charge in [0.15, 0.2) is 6.10 Å². The van der Waals surface area contributed by atoms with Gasteiger partial charge < -0.3 is 28.4 Å². The van der Waals surface area contributed by atoms with E-state index >= 15 is 0 Å². The van der Waals surface area contributed by atoms with Crippen LogP contribution >= 0.6 is 0 Å². The lowest BCUT2D eigenvalue weighted by atomic mass is 10.0. The molecule has 0 rings (SSSR count). The fourth-order valence-electron chi connectivity index (χ4n) is 2.17. The van der Waals surface area contributed by atoms with Crippen molar-refractivity contribution in [3.8, 4) is 0 Å². The van der Waals surface area contributed by atoms with Crippen LogP contribution in [0, 0.1) is 0 Å². The van der Waals surface area contributed by atoms with Crippen LogP contribution < -0.4 is 0 Å². The van der Waals surface area contributed by atoms with Crippen LogP contribution in [0.25, 0.3) is 0 Å². The number of hydrogen-bond acceptors (Lipinski definition) is 8. The Bertz CT molecular complexity index is 346. The summed E-state index contributed by atoms with van der Waals surface area (Å²) >= 11 is 0. The predicted octanol–water partition coefficient (Wildman–Crippen LogP) is 0.563. The summed E-state index contributed by atoms with van der Waals surface area (Å²) in [6.45, 7) is 4.92. The summed E-state index contributed by atoms with van der Waals surface area (Å²) in [6.07, 6.45) is -2.54. The summed E-state index contributed by atoms with van der Waals surface area (Å²) in [5.74, 6) is -0.885. The van der Waals surface area contributed by atoms with Gasteiger partial charge in [-0.3, -0.25) is 9.59 Å². The molecule has 0 spiro atoms. The van der Waals surface area contributed by atoms with E-state index in [-0.39, 0.29) is 13.2 Å². The summed E-state index contributed by atoms with van der Waals surface area (Å²) in [6, 6.07) is 0. The molecule has 0 aliphatic heterocycles. The second-order valence-electron chi connectivity index (χ2n) is 4.80. The lowest BCUT2D eigenvalue weighted by Crippen LogP contribution is -2.52. The Morgan fingerprint density at radius 2 is 1.52 bits per heavy atom. The topological polar surface area (TPSA) is 89.5 Å². The number of methoxy groups -OCH3 is 3. The van der Waals surface area contributed by atoms with Crippen LogP contribution in [-0.4, -0.2) is 77.5 Å². The number of hydrogen-bond donors (Lipinski definition) is 0. The Hall–Kier alpha value is -1.22. The molecule has 0 aliphatic rings. The quantitative estimate of drug-likeness (QED) is 0.478. The van der Waals surface area contributed by atoms with Gasteiger partial charge in [-0.15, -0.1) is 0 Å². The summed E-state index contributed by atoms with van der Waals surface area (Å²) in [5.41, 5.74) is 0. The van der Waals surface area contributed by atoms with Crippen LogP contribution in [-0.2, 0) is 38.0 Å². The third kappa shape index (κ3) is 8.26. The first-order chi connectivity index (χ1) is 10.9. The van der Waals surface area contributed by atoms with Crippen LogP contribution in [0.2, 0.25) is 0 Å². The first-order valence-corrected chi connectivity index (χ1v) is 7.37. The van der Waals surface area contributed by atoms with Gasteiger partial charge in [0.2, 0.25) is 0 Å². The minimum Gasteiger partial charge on any atom is -0.463 e. The van der Waals surface area contributed by atoms with Gasteiger partial charge in [0.1, 0.15) is 24.9 Å². The lowest BCUT2D eigenvalue weighted by molar-refractivity contribution is -0.189. The van der Waals surface area contributed by atoms with Crippen LogP contribution in [0.4, 0.5) is 0 Å². The molecule has 0 aromatic carbocycles. The van der Waals surface area contributed by atoms with Crippen molar-refractivity contribution < 1.29 is 38.0 Å². The molecule has 0 heterocycles. The average molecular weight is 336 g/mol. The van der Waals surface area contributed by atoms with E-state index in [4.69, 9.17) is 28.4 Å². The normalized spacial score (nSPS) is 16.3. The van der Waals surface area contributed by atoms with Gasteiger partial charge in [-0.1, -0.05) is 0 Å². The third-order valence-corrected chi connectivity index (χ3v) is 3.09. The van der Waals surface area contributed by atoms with Crippen molar-refractivity contribution in [2.24, 2.45) is 0 Å². The zero-order valence-electron chi connectivity index (χ0n) is 14.7. The van der Waals surface area contributed by atoms with E-state index in [1.165, 1.54) is 35.2 Å². The molecule has 0 aliphatic carbocycles. The van der Waals surface area contributed by atoms with E-state index in [0.717, 1.165) is 0 Å². The van der Waals surface area contributed by atoms with E-state index in [1.807, 2.05) is 6.92 Å². The SMILES string of the molecule is CCO[C@H]([C@H](OC)[C@H](COC(C)=O)OC)[C@@H](COC)OC(C)=O. The fraction of sp³-hybridized carbons (Fsp3) is 0.867. The number of rotatable bonds is 12. The molecule has 136 valence electrons. The first kappa shape index (κ1) is 21.8. The van der Waals surface area contributed by atoms with Crippen molar-refractivity contribution >= 4 is 11.9 Å². The van der Waals surface area contributed by atoms with E-state index in [9.17, 15) is 9.59 Å². The number of carbonyl (C=O) groups excluding carboxylic acids is 2. The van der Waals surface area contributed by atoms with Crippen molar-refractivity contribution in [3.63, 3.8) is 0 Å². The van der Waals surface area contributed by atoms with E-state index in [1.54, 1.807) is 0 Å². The maximum absolute atomic E-state index is 11.3. The van der Waals surface area contributed by atoms with Crippen molar-refractivity contribution in [1.29, 1.82) is 0 Å². The zero-order chi connectivity index (χ0) is 17.8. The molecular formula is C15H28O8. The highest BCUT2D eigenvalue weighted by atomic mass is 16.6. The van der Waals surface area contributed by atoms with E-state index in [0.29, 0.717) is 6.61 Å². The number of carbonyl (C=O) groups is 2. The lowest BCUT2D eigenvalue weighted by Gasteiger charge is -2.35. The van der Waals surface area contributed by atoms with Gasteiger partial charge in [0.25, 0.3) is 0 Å². The number of esters is 2. The highest BCUT2D eigenvalue weighted by molar-refractivity contribution is 5.66. The maximum Gasteiger partial charge on any atom is 0.303 e. The van der Waals surface area contributed by atoms with Gasteiger partial charge in [0, 0.05) is 41.8 Å². The Balaban J connectivity index is 5.26. The van der Waals surface area contributed by atoms with Gasteiger partial charge in [0.05, 0.1) is 6.61 Å². The largest absolute Gasteiger partial charge is 0.463 e. The monoisotopic (exact) mass is 336 g/mol. The molecule has 0 saturated carbocycles. The molecule has 0 N–H and O–H groups in total. The summed E-state index contributed by atoms with van der Waals surface area (Å²) in [7, 11) is 4.45. The van der Waals surface area contributed by atoms with Gasteiger partial charge in [-0.25, -0.2) is 0 Å². The molecule has 0 unspecified atom stereocenters. The summed E-state index contributed by atoms with van der Waals surface area (Å²) in [4.78, 5) is 22.3. The van der Waals surface area contributed by atoms with Crippen LogP contribution in [0.3, 0.4) is 0 Å². The molecule has 0 saturated heterocycles. The highest BCUT2D eigenvalue weighted by Crippen LogP contribution is 2.18. The Kier molecular flexibility index (Phi) is 11.6. The molecule has 0 radical (unpaired) electrons. The van der Waals surface area contributed by atoms with Crippen LogP contribution in [0.1, 0.15) is 20.8 Å². The van der Waals surface area contributed by atoms with Crippen molar-refractivity contribution in [1.82, 2.24) is 0 Å². The van der Waals surface area contributed by atoms with E-state index < -0.39 is 36.4 Å². The molecule has 8 heteroatoms. The predicted molar refractivity (Wildman–Crippen MR) is 81.1 cm³/mol. The third-order valence-electron chi connectivity index (χ3n) is 3.09. The standard InChI is InChI=1S/C15H28O8/c1-7-21-15(13(8-18-4)23-11(3)17)14(20-6)12(19-5)9-22-10(2)16/h12-15H,7-9H2,1-6H3/t12-,13+,14+,15-/m0/s1. The zero-order valence-corrected chi connectivity index (χ0v) is 14.7. The molecular weight excluding hydrogens is 308 g/mol. The second kappa shape index (κ2) is 12.2. The Morgan fingerprint density at radius 1 is 0.870 bits per heavy atom. The van der Waals surface area contributed by atoms with Gasteiger partial charge >= 0.3 is 11.9 Å². The minimum atomic E-state index is -0.683. The van der Waals surface area contributed by atoms with Gasteiger partial charge in [-0.2, -0.15) is 0 Å². The van der Waals surface area contributed by atoms with Crippen LogP contribution in [0.5, 0.6) is 0 Å². The highest BCUT2D eigenvalue weighted by Gasteiger charge is 2.38. The number of ether oxygens (including phenoxy) is 6. The molecule has 0 amide bonds. The average Bonchev–Trinajstić information content (AvgIpc) is 2.48. The second-order valence-corrected chi connectivity index (χ2v) is 4.80. The Morgan fingerprint density at radius 3 is 1.91 bits per heavy atom. The minimum absolute atomic E-state index is 0.00626. The molecule has 4 atom stereocenters. The maximum atomic E-state index is 11.3. The summed E-state index contributed by atoms with van der Waals surface area (Å²) in [5, 5.41) is 0.